The largest absolute Gasteiger partial charge is 0.496 e. The maximum Gasteiger partial charge on any atom is 0.167 e. The predicted molar refractivity (Wildman–Crippen MR) is 131 cm³/mol. The number of methoxy groups -OCH3 is 1. The highest BCUT2D eigenvalue weighted by Crippen LogP contribution is 2.41. The number of carbonyl (C=O) groups excluding carboxylic acids is 2. The average molecular weight is 430 g/mol. The van der Waals surface area contributed by atoms with Crippen LogP contribution in [-0.2, 0) is 11.2 Å². The molecule has 3 rings (SSSR count). The van der Waals surface area contributed by atoms with E-state index in [9.17, 15) is 9.59 Å². The second kappa shape index (κ2) is 14.1. The van der Waals surface area contributed by atoms with Crippen LogP contribution in [0.3, 0.4) is 0 Å². The standard InChI is InChI=1S/C22H29NO3.C3H8.C2H6/c1-15(2)7-8-16(14-24)18-13-19-20(22(18)25)11-17(12-21(19)26-3)23-9-5-4-6-10-23;1-3-2;1-2/h11-12,14,16,18H,1,4-10,13H2,2-3H3;3H2,1-2H3;1-2H3. The van der Waals surface area contributed by atoms with Crippen LogP contribution in [0.2, 0.25) is 0 Å². The Morgan fingerprint density at radius 1 is 1.23 bits per heavy atom. The maximum atomic E-state index is 13.1. The van der Waals surface area contributed by atoms with E-state index in [4.69, 9.17) is 4.74 Å². The summed E-state index contributed by atoms with van der Waals surface area (Å²) in [6, 6.07) is 4.08. The summed E-state index contributed by atoms with van der Waals surface area (Å²) in [4.78, 5) is 27.1. The second-order valence-corrected chi connectivity index (χ2v) is 8.40. The van der Waals surface area contributed by atoms with Crippen LogP contribution in [0.1, 0.15) is 89.1 Å². The normalized spacial score (nSPS) is 18.1. The van der Waals surface area contributed by atoms with E-state index in [1.165, 1.54) is 25.7 Å². The van der Waals surface area contributed by atoms with E-state index in [-0.39, 0.29) is 17.6 Å². The van der Waals surface area contributed by atoms with Crippen LogP contribution < -0.4 is 9.64 Å². The van der Waals surface area contributed by atoms with E-state index in [1.54, 1.807) is 7.11 Å². The molecule has 2 atom stereocenters. The molecule has 1 aromatic rings. The highest BCUT2D eigenvalue weighted by Gasteiger charge is 2.38. The SMILES string of the molecule is C=C(C)CCC(C=O)C1Cc2c(OC)cc(N3CCCCC3)cc2C1=O.CC.CCC. The number of rotatable bonds is 7. The molecule has 0 amide bonds. The number of piperidine rings is 1. The van der Waals surface area contributed by atoms with Gasteiger partial charge >= 0.3 is 0 Å². The third-order valence-electron chi connectivity index (χ3n) is 5.76. The molecular formula is C27H43NO3. The molecule has 1 heterocycles. The van der Waals surface area contributed by atoms with Crippen molar-refractivity contribution in [2.24, 2.45) is 11.8 Å². The number of ether oxygens (including phenoxy) is 1. The van der Waals surface area contributed by atoms with Crippen molar-refractivity contribution in [3.05, 3.63) is 35.4 Å². The molecule has 1 aliphatic heterocycles. The van der Waals surface area contributed by atoms with Crippen LogP contribution >= 0.6 is 0 Å². The van der Waals surface area contributed by atoms with E-state index < -0.39 is 0 Å². The molecule has 1 saturated heterocycles. The van der Waals surface area contributed by atoms with Crippen LogP contribution in [0.4, 0.5) is 5.69 Å². The van der Waals surface area contributed by atoms with Crippen LogP contribution in [0.15, 0.2) is 24.3 Å². The van der Waals surface area contributed by atoms with Crippen molar-refractivity contribution in [1.29, 1.82) is 0 Å². The molecule has 31 heavy (non-hydrogen) atoms. The van der Waals surface area contributed by atoms with Gasteiger partial charge in [0, 0.05) is 47.8 Å². The van der Waals surface area contributed by atoms with Crippen LogP contribution in [-0.4, -0.2) is 32.3 Å². The van der Waals surface area contributed by atoms with Crippen molar-refractivity contribution in [3.63, 3.8) is 0 Å². The quantitative estimate of drug-likeness (QED) is 0.359. The Hall–Kier alpha value is -2.10. The molecule has 0 radical (unpaired) electrons. The fourth-order valence-corrected chi connectivity index (χ4v) is 4.21. The maximum absolute atomic E-state index is 13.1. The summed E-state index contributed by atoms with van der Waals surface area (Å²) in [5.41, 5.74) is 3.83. The first kappa shape index (κ1) is 26.9. The fourth-order valence-electron chi connectivity index (χ4n) is 4.21. The van der Waals surface area contributed by atoms with Gasteiger partial charge in [-0.05, 0) is 51.5 Å². The molecule has 0 aromatic heterocycles. The summed E-state index contributed by atoms with van der Waals surface area (Å²) in [5.74, 6) is 0.349. The molecule has 2 aliphatic rings. The van der Waals surface area contributed by atoms with Crippen LogP contribution in [0.25, 0.3) is 0 Å². The summed E-state index contributed by atoms with van der Waals surface area (Å²) in [6.07, 6.45) is 7.90. The van der Waals surface area contributed by atoms with Crippen molar-refractivity contribution < 1.29 is 14.3 Å². The molecule has 1 aromatic carbocycles. The fraction of sp³-hybridized carbons (Fsp3) is 0.630. The van der Waals surface area contributed by atoms with E-state index >= 15 is 0 Å². The van der Waals surface area contributed by atoms with E-state index in [2.05, 4.69) is 31.4 Å². The Bertz CT molecular complexity index is 719. The molecule has 2 unspecified atom stereocenters. The van der Waals surface area contributed by atoms with Crippen molar-refractivity contribution in [3.8, 4) is 5.75 Å². The Labute approximate surface area is 190 Å². The molecule has 1 fully saturated rings. The molecular weight excluding hydrogens is 386 g/mol. The molecule has 0 bridgehead atoms. The Morgan fingerprint density at radius 3 is 2.35 bits per heavy atom. The molecule has 1 aliphatic carbocycles. The van der Waals surface area contributed by atoms with Crippen molar-refractivity contribution in [2.45, 2.75) is 79.6 Å². The third-order valence-corrected chi connectivity index (χ3v) is 5.76. The van der Waals surface area contributed by atoms with Crippen LogP contribution in [0.5, 0.6) is 5.75 Å². The highest BCUT2D eigenvalue weighted by molar-refractivity contribution is 6.05. The van der Waals surface area contributed by atoms with Gasteiger partial charge in [0.05, 0.1) is 7.11 Å². The third kappa shape index (κ3) is 7.22. The van der Waals surface area contributed by atoms with Gasteiger partial charge in [-0.2, -0.15) is 0 Å². The Kier molecular flexibility index (Phi) is 12.2. The predicted octanol–water partition coefficient (Wildman–Crippen LogP) is 6.65. The lowest BCUT2D eigenvalue weighted by Crippen LogP contribution is -2.29. The molecule has 0 spiro atoms. The van der Waals surface area contributed by atoms with Gasteiger partial charge in [-0.15, -0.1) is 6.58 Å². The first-order chi connectivity index (χ1) is 15.0. The minimum atomic E-state index is -0.271. The lowest BCUT2D eigenvalue weighted by atomic mass is 9.86. The zero-order valence-corrected chi connectivity index (χ0v) is 20.6. The van der Waals surface area contributed by atoms with Gasteiger partial charge in [0.25, 0.3) is 0 Å². The van der Waals surface area contributed by atoms with Gasteiger partial charge in [0.1, 0.15) is 12.0 Å². The number of aldehydes is 1. The van der Waals surface area contributed by atoms with Crippen molar-refractivity contribution >= 4 is 17.8 Å². The zero-order valence-electron chi connectivity index (χ0n) is 20.6. The number of hydrogen-bond donors (Lipinski definition) is 0. The van der Waals surface area contributed by atoms with Gasteiger partial charge in [0.2, 0.25) is 0 Å². The number of hydrogen-bond acceptors (Lipinski definition) is 4. The lowest BCUT2D eigenvalue weighted by Gasteiger charge is -2.29. The van der Waals surface area contributed by atoms with E-state index in [0.29, 0.717) is 12.8 Å². The zero-order chi connectivity index (χ0) is 23.4. The van der Waals surface area contributed by atoms with Gasteiger partial charge in [0.15, 0.2) is 5.78 Å². The molecule has 174 valence electrons. The first-order valence-electron chi connectivity index (χ1n) is 12.1. The summed E-state index contributed by atoms with van der Waals surface area (Å²) in [5, 5.41) is 0. The number of fused-ring (bicyclic) bond motifs is 1. The molecule has 4 nitrogen and oxygen atoms in total. The summed E-state index contributed by atoms with van der Waals surface area (Å²) in [6.45, 7) is 16.2. The van der Waals surface area contributed by atoms with Gasteiger partial charge in [-0.1, -0.05) is 39.7 Å². The topological polar surface area (TPSA) is 46.6 Å². The number of Topliss-reactive ketones (excluding diaryl/α,β-unsaturated/α-hetero) is 1. The molecule has 4 heteroatoms. The summed E-state index contributed by atoms with van der Waals surface area (Å²) < 4.78 is 5.62. The van der Waals surface area contributed by atoms with E-state index in [1.807, 2.05) is 26.8 Å². The Balaban J connectivity index is 0.000000884. The van der Waals surface area contributed by atoms with Gasteiger partial charge < -0.3 is 14.4 Å². The van der Waals surface area contributed by atoms with Crippen molar-refractivity contribution in [1.82, 2.24) is 0 Å². The monoisotopic (exact) mass is 429 g/mol. The number of benzene rings is 1. The summed E-state index contributed by atoms with van der Waals surface area (Å²) >= 11 is 0. The van der Waals surface area contributed by atoms with Gasteiger partial charge in [-0.25, -0.2) is 0 Å². The number of anilines is 1. The van der Waals surface area contributed by atoms with Crippen molar-refractivity contribution in [2.75, 3.05) is 25.1 Å². The summed E-state index contributed by atoms with van der Waals surface area (Å²) in [7, 11) is 1.66. The number of ketones is 1. The minimum absolute atomic E-state index is 0.0935. The first-order valence-corrected chi connectivity index (χ1v) is 12.1. The average Bonchev–Trinajstić information content (AvgIpc) is 3.12. The second-order valence-electron chi connectivity index (χ2n) is 8.40. The number of allylic oxidation sites excluding steroid dienone is 1. The van der Waals surface area contributed by atoms with Crippen LogP contribution in [0, 0.1) is 11.8 Å². The number of nitrogens with zero attached hydrogens (tertiary/aromatic N) is 1. The van der Waals surface area contributed by atoms with E-state index in [0.717, 1.165) is 53.9 Å². The minimum Gasteiger partial charge on any atom is -0.496 e. The highest BCUT2D eigenvalue weighted by atomic mass is 16.5. The Morgan fingerprint density at radius 2 is 1.84 bits per heavy atom. The molecule has 0 saturated carbocycles. The number of carbonyl (C=O) groups is 2. The lowest BCUT2D eigenvalue weighted by molar-refractivity contribution is -0.112. The van der Waals surface area contributed by atoms with Gasteiger partial charge in [-0.3, -0.25) is 4.79 Å². The molecule has 0 N–H and O–H groups in total. The smallest absolute Gasteiger partial charge is 0.167 e.